The number of halogens is 1. The molecule has 158 valence electrons. The van der Waals surface area contributed by atoms with E-state index in [1.54, 1.807) is 24.3 Å². The highest BCUT2D eigenvalue weighted by atomic mass is 127. The highest BCUT2D eigenvalue weighted by Crippen LogP contribution is 2.20. The van der Waals surface area contributed by atoms with E-state index in [4.69, 9.17) is 4.74 Å². The summed E-state index contributed by atoms with van der Waals surface area (Å²) in [5, 5.41) is 4.54. The van der Waals surface area contributed by atoms with E-state index in [0.717, 1.165) is 36.1 Å². The van der Waals surface area contributed by atoms with Crippen molar-refractivity contribution in [2.45, 2.75) is 27.2 Å². The summed E-state index contributed by atoms with van der Waals surface area (Å²) < 4.78 is 30.2. The topological polar surface area (TPSA) is 84.7 Å². The van der Waals surface area contributed by atoms with Crippen LogP contribution in [0.4, 0.5) is 4.79 Å². The Hall–Kier alpha value is -2.24. The fraction of sp³-hybridized carbons (Fsp3) is 0.238. The maximum atomic E-state index is 12.3. The van der Waals surface area contributed by atoms with Gasteiger partial charge in [-0.25, -0.2) is 18.0 Å². The Balaban J connectivity index is 1.65. The number of amides is 1. The Morgan fingerprint density at radius 2 is 1.77 bits per heavy atom. The van der Waals surface area contributed by atoms with E-state index in [1.807, 2.05) is 49.7 Å². The molecule has 7 nitrogen and oxygen atoms in total. The van der Waals surface area contributed by atoms with Crippen molar-refractivity contribution in [3.8, 4) is 11.4 Å². The smallest absolute Gasteiger partial charge is 0.410 e. The van der Waals surface area contributed by atoms with E-state index >= 15 is 0 Å². The summed E-state index contributed by atoms with van der Waals surface area (Å²) in [7, 11) is 0. The maximum absolute atomic E-state index is 12.3. The first-order valence-electron chi connectivity index (χ1n) is 9.24. The fourth-order valence-electron chi connectivity index (χ4n) is 2.90. The third-order valence-corrected chi connectivity index (χ3v) is 6.88. The number of ether oxygens (including phenoxy) is 1. The number of hydrogen-bond acceptors (Lipinski definition) is 4. The molecule has 1 aromatic heterocycles. The Labute approximate surface area is 191 Å². The number of carbonyl (C=O) groups excluding carboxylic acids is 1. The summed E-state index contributed by atoms with van der Waals surface area (Å²) >= 11 is -0.198. The molecule has 0 bridgehead atoms. The summed E-state index contributed by atoms with van der Waals surface area (Å²) in [5.41, 5.74) is 4.93. The summed E-state index contributed by atoms with van der Waals surface area (Å²) in [5.74, 6) is 0.324. The Bertz CT molecular complexity index is 1070. The lowest BCUT2D eigenvalue weighted by atomic mass is 10.1. The van der Waals surface area contributed by atoms with Crippen LogP contribution in [0.3, 0.4) is 0 Å². The molecular formula is C21H22IN3O4S. The van der Waals surface area contributed by atoms with Gasteiger partial charge < -0.3 is 4.74 Å². The van der Waals surface area contributed by atoms with Gasteiger partial charge in [0, 0.05) is 6.54 Å². The van der Waals surface area contributed by atoms with Gasteiger partial charge in [-0.2, -0.15) is 5.10 Å². The Kier molecular flexibility index (Phi) is 7.27. The molecule has 30 heavy (non-hydrogen) atoms. The van der Waals surface area contributed by atoms with E-state index in [1.165, 1.54) is 0 Å². The number of aromatic nitrogens is 2. The minimum absolute atomic E-state index is 0.0466. The van der Waals surface area contributed by atoms with Gasteiger partial charge >= 0.3 is 6.09 Å². The summed E-state index contributed by atoms with van der Waals surface area (Å²) in [4.78, 5) is 12.3. The van der Waals surface area contributed by atoms with Gasteiger partial charge in [0.15, 0.2) is 0 Å². The van der Waals surface area contributed by atoms with E-state index < -0.39 is 17.4 Å². The van der Waals surface area contributed by atoms with Crippen molar-refractivity contribution in [3.63, 3.8) is 0 Å². The number of rotatable bonds is 6. The molecule has 0 saturated heterocycles. The molecule has 1 heterocycles. The van der Waals surface area contributed by atoms with Gasteiger partial charge in [0.1, 0.15) is 5.75 Å². The first kappa shape index (κ1) is 22.4. The Morgan fingerprint density at radius 1 is 1.13 bits per heavy atom. The van der Waals surface area contributed by atoms with Gasteiger partial charge in [-0.15, -0.1) is 0 Å². The first-order chi connectivity index (χ1) is 14.3. The number of carbonyl (C=O) groups is 1. The third kappa shape index (κ3) is 5.27. The zero-order valence-electron chi connectivity index (χ0n) is 16.8. The molecular weight excluding hydrogens is 517 g/mol. The fourth-order valence-corrected chi connectivity index (χ4v) is 3.65. The predicted molar refractivity (Wildman–Crippen MR) is 124 cm³/mol. The van der Waals surface area contributed by atoms with E-state index in [2.05, 4.69) is 27.7 Å². The minimum Gasteiger partial charge on any atom is -0.410 e. The van der Waals surface area contributed by atoms with Crippen molar-refractivity contribution in [2.75, 3.05) is 6.54 Å². The monoisotopic (exact) mass is 539 g/mol. The molecule has 3 rings (SSSR count). The molecule has 9 heteroatoms. The van der Waals surface area contributed by atoms with E-state index in [-0.39, 0.29) is 6.54 Å². The van der Waals surface area contributed by atoms with Crippen LogP contribution in [0.25, 0.3) is 5.69 Å². The Morgan fingerprint density at radius 3 is 2.30 bits per heavy atom. The van der Waals surface area contributed by atoms with Crippen molar-refractivity contribution in [2.24, 2.45) is 0 Å². The summed E-state index contributed by atoms with van der Waals surface area (Å²) in [6, 6.07) is 14.6. The number of benzene rings is 2. The molecule has 3 aromatic rings. The van der Waals surface area contributed by atoms with Crippen molar-refractivity contribution in [3.05, 3.63) is 74.6 Å². The average Bonchev–Trinajstić information content (AvgIpc) is 2.97. The normalized spacial score (nSPS) is 11.9. The van der Waals surface area contributed by atoms with Crippen LogP contribution in [0.5, 0.6) is 5.75 Å². The molecule has 1 amide bonds. The summed E-state index contributed by atoms with van der Waals surface area (Å²) in [6.45, 7) is 5.95. The number of aryl methyl sites for hydroxylation is 2. The molecule has 2 aromatic carbocycles. The predicted octanol–water partition coefficient (Wildman–Crippen LogP) is 4.58. The van der Waals surface area contributed by atoms with Crippen LogP contribution in [-0.2, 0) is 17.7 Å². The van der Waals surface area contributed by atoms with Crippen LogP contribution < -0.4 is 4.74 Å². The lowest BCUT2D eigenvalue weighted by molar-refractivity contribution is 0.178. The highest BCUT2D eigenvalue weighted by Gasteiger charge is 2.21. The summed E-state index contributed by atoms with van der Waals surface area (Å²) in [6.07, 6.45) is -0.460. The molecule has 0 aliphatic carbocycles. The molecule has 0 aliphatic heterocycles. The van der Waals surface area contributed by atoms with Crippen molar-refractivity contribution in [1.29, 1.82) is 0 Å². The lowest BCUT2D eigenvalue weighted by Crippen LogP contribution is -2.36. The van der Waals surface area contributed by atoms with Crippen LogP contribution >= 0.6 is 22.6 Å². The van der Waals surface area contributed by atoms with Crippen LogP contribution in [-0.4, -0.2) is 35.5 Å². The number of hydrogen-bond donors (Lipinski definition) is 1. The first-order valence-corrected chi connectivity index (χ1v) is 11.4. The average molecular weight is 539 g/mol. The maximum Gasteiger partial charge on any atom is 0.428 e. The van der Waals surface area contributed by atoms with Gasteiger partial charge in [0.05, 0.1) is 20.6 Å². The van der Waals surface area contributed by atoms with Crippen LogP contribution in [0, 0.1) is 24.3 Å². The van der Waals surface area contributed by atoms with Crippen LogP contribution in [0.1, 0.15) is 22.5 Å². The number of nitrogens with zero attached hydrogens (tertiary/aromatic N) is 3. The molecule has 0 radical (unpaired) electrons. The lowest BCUT2D eigenvalue weighted by Gasteiger charge is -2.17. The van der Waals surface area contributed by atoms with E-state index in [9.17, 15) is 13.6 Å². The third-order valence-electron chi connectivity index (χ3n) is 4.61. The van der Waals surface area contributed by atoms with Crippen molar-refractivity contribution >= 4 is 40.0 Å². The van der Waals surface area contributed by atoms with Crippen molar-refractivity contribution < 1.29 is 18.3 Å². The molecule has 1 N–H and O–H groups in total. The van der Waals surface area contributed by atoms with Gasteiger partial charge in [-0.1, -0.05) is 29.8 Å². The molecule has 0 aliphatic rings. The quantitative estimate of drug-likeness (QED) is 0.366. The van der Waals surface area contributed by atoms with Crippen LogP contribution in [0.15, 0.2) is 48.5 Å². The molecule has 1 atom stereocenters. The molecule has 0 saturated carbocycles. The van der Waals surface area contributed by atoms with Crippen molar-refractivity contribution in [1.82, 2.24) is 14.1 Å². The van der Waals surface area contributed by atoms with Gasteiger partial charge in [-0.3, -0.25) is 4.55 Å². The van der Waals surface area contributed by atoms with Gasteiger partial charge in [0.25, 0.3) is 11.3 Å². The largest absolute Gasteiger partial charge is 0.428 e. The molecule has 0 spiro atoms. The molecule has 1 unspecified atom stereocenters. The van der Waals surface area contributed by atoms with Gasteiger partial charge in [-0.05, 0) is 79.6 Å². The molecule has 0 fully saturated rings. The second-order valence-corrected chi connectivity index (χ2v) is 8.81. The standard InChI is InChI=1S/C21H22IN3O4S/c1-14-4-10-19(11-5-14)29-21(26)24(30(27)28)13-12-17-6-8-18(9-7-17)25-16(3)20(22)15(2)23-25/h4-11H,12-13H2,1-3H3,(H,27,28). The zero-order chi connectivity index (χ0) is 21.8. The second kappa shape index (κ2) is 9.71. The second-order valence-electron chi connectivity index (χ2n) is 6.83. The van der Waals surface area contributed by atoms with Crippen LogP contribution in [0.2, 0.25) is 0 Å². The minimum atomic E-state index is -2.48. The SMILES string of the molecule is Cc1ccc(OC(=O)N(CCc2ccc(-n3nc(C)c(I)c3C)cc2)S(=O)O)cc1. The highest BCUT2D eigenvalue weighted by molar-refractivity contribution is 14.1. The van der Waals surface area contributed by atoms with E-state index in [0.29, 0.717) is 12.2 Å². The van der Waals surface area contributed by atoms with Gasteiger partial charge in [0.2, 0.25) is 0 Å². The zero-order valence-corrected chi connectivity index (χ0v) is 19.8.